The molecule has 0 aromatic heterocycles. The van der Waals surface area contributed by atoms with Crippen LogP contribution in [0.5, 0.6) is 0 Å². The molecule has 1 aromatic rings. The lowest BCUT2D eigenvalue weighted by Gasteiger charge is -2.28. The fraction of sp³-hybridized carbons (Fsp3) is 0.647. The van der Waals surface area contributed by atoms with Gasteiger partial charge in [0, 0.05) is 32.4 Å². The van der Waals surface area contributed by atoms with Crippen LogP contribution in [0, 0.1) is 6.92 Å². The molecule has 0 saturated carbocycles. The van der Waals surface area contributed by atoms with Crippen molar-refractivity contribution < 1.29 is 13.3 Å². The molecular weight excluding hydrogens is 294 g/mol. The van der Waals surface area contributed by atoms with Crippen LogP contribution in [0.2, 0.25) is 6.04 Å². The lowest BCUT2D eigenvalue weighted by molar-refractivity contribution is 0.0708. The Kier molecular flexibility index (Phi) is 9.59. The van der Waals surface area contributed by atoms with Crippen molar-refractivity contribution in [3.8, 4) is 0 Å². The van der Waals surface area contributed by atoms with Crippen molar-refractivity contribution in [2.75, 3.05) is 26.4 Å². The van der Waals surface area contributed by atoms with Gasteiger partial charge in [-0.05, 0) is 46.2 Å². The second-order valence-electron chi connectivity index (χ2n) is 5.25. The quantitative estimate of drug-likeness (QED) is 0.471. The maximum absolute atomic E-state index is 5.86. The molecule has 0 aliphatic carbocycles. The Balaban J connectivity index is 2.33. The summed E-state index contributed by atoms with van der Waals surface area (Å²) in [6.45, 7) is 11.9. The number of hydrogen-bond acceptors (Lipinski definition) is 4. The van der Waals surface area contributed by atoms with E-state index in [1.54, 1.807) is 0 Å². The summed E-state index contributed by atoms with van der Waals surface area (Å²) < 4.78 is 17.6. The predicted octanol–water partition coefficient (Wildman–Crippen LogP) is 3.52. The lowest BCUT2D eigenvalue weighted by atomic mass is 10.1. The average Bonchev–Trinajstić information content (AvgIpc) is 2.50. The number of rotatable bonds is 12. The van der Waals surface area contributed by atoms with Crippen LogP contribution in [0.25, 0.3) is 0 Å². The summed E-state index contributed by atoms with van der Waals surface area (Å²) in [7, 11) is -2.47. The fourth-order valence-corrected chi connectivity index (χ4v) is 4.98. The van der Waals surface area contributed by atoms with Crippen molar-refractivity contribution in [1.29, 1.82) is 0 Å². The van der Waals surface area contributed by atoms with Crippen LogP contribution in [-0.4, -0.2) is 35.2 Å². The van der Waals surface area contributed by atoms with Gasteiger partial charge in [0.05, 0.1) is 0 Å². The summed E-state index contributed by atoms with van der Waals surface area (Å²) in [5.74, 6) is 0. The summed E-state index contributed by atoms with van der Waals surface area (Å²) >= 11 is 0. The molecular formula is C17H31NO3Si. The zero-order chi connectivity index (χ0) is 16.3. The molecule has 0 radical (unpaired) electrons. The molecule has 0 bridgehead atoms. The summed E-state index contributed by atoms with van der Waals surface area (Å²) in [5.41, 5.74) is 2.61. The minimum Gasteiger partial charge on any atom is -0.374 e. The van der Waals surface area contributed by atoms with E-state index in [2.05, 4.69) is 36.5 Å². The van der Waals surface area contributed by atoms with Gasteiger partial charge in [-0.15, -0.1) is 0 Å². The van der Waals surface area contributed by atoms with Gasteiger partial charge in [0.1, 0.15) is 0 Å². The van der Waals surface area contributed by atoms with Gasteiger partial charge in [0.15, 0.2) is 0 Å². The monoisotopic (exact) mass is 325 g/mol. The second kappa shape index (κ2) is 10.9. The van der Waals surface area contributed by atoms with E-state index in [4.69, 9.17) is 13.3 Å². The maximum atomic E-state index is 5.86. The highest BCUT2D eigenvalue weighted by atomic mass is 28.4. The molecule has 0 aliphatic rings. The molecule has 0 heterocycles. The highest BCUT2D eigenvalue weighted by Gasteiger charge is 2.39. The molecule has 0 saturated heterocycles. The van der Waals surface area contributed by atoms with E-state index >= 15 is 0 Å². The Hall–Kier alpha value is -0.723. The van der Waals surface area contributed by atoms with E-state index in [0.717, 1.165) is 25.6 Å². The standard InChI is InChI=1S/C17H31NO3Si/c1-5-19-22(20-6-2,21-7-3)14-8-13-18-15-17-11-9-16(4)10-12-17/h9-12,18H,5-8,13-15H2,1-4H3. The highest BCUT2D eigenvalue weighted by Crippen LogP contribution is 2.17. The largest absolute Gasteiger partial charge is 0.500 e. The topological polar surface area (TPSA) is 39.7 Å². The van der Waals surface area contributed by atoms with E-state index < -0.39 is 8.80 Å². The van der Waals surface area contributed by atoms with Crippen LogP contribution in [-0.2, 0) is 19.8 Å². The molecule has 0 spiro atoms. The zero-order valence-electron chi connectivity index (χ0n) is 14.5. The molecule has 22 heavy (non-hydrogen) atoms. The van der Waals surface area contributed by atoms with E-state index in [1.807, 2.05) is 20.8 Å². The van der Waals surface area contributed by atoms with Crippen LogP contribution < -0.4 is 5.32 Å². The number of benzene rings is 1. The Labute approximate surface area is 136 Å². The molecule has 126 valence electrons. The first kappa shape index (κ1) is 19.3. The van der Waals surface area contributed by atoms with Gasteiger partial charge in [0.2, 0.25) is 0 Å². The van der Waals surface area contributed by atoms with E-state index in [0.29, 0.717) is 19.8 Å². The lowest BCUT2D eigenvalue weighted by Crippen LogP contribution is -2.46. The molecule has 0 amide bonds. The normalized spacial score (nSPS) is 11.8. The van der Waals surface area contributed by atoms with Crippen molar-refractivity contribution in [3.63, 3.8) is 0 Å². The number of aryl methyl sites for hydroxylation is 1. The van der Waals surface area contributed by atoms with Gasteiger partial charge in [-0.1, -0.05) is 29.8 Å². The Bertz CT molecular complexity index is 380. The first-order chi connectivity index (χ1) is 10.7. The van der Waals surface area contributed by atoms with Crippen LogP contribution >= 0.6 is 0 Å². The SMILES string of the molecule is CCO[Si](CCCNCc1ccc(C)cc1)(OCC)OCC. The zero-order valence-corrected chi connectivity index (χ0v) is 15.5. The Morgan fingerprint density at radius 1 is 0.909 bits per heavy atom. The molecule has 1 N–H and O–H groups in total. The molecule has 0 aliphatic heterocycles. The Morgan fingerprint density at radius 2 is 1.45 bits per heavy atom. The van der Waals surface area contributed by atoms with E-state index in [9.17, 15) is 0 Å². The summed E-state index contributed by atoms with van der Waals surface area (Å²) in [5, 5.41) is 3.48. The van der Waals surface area contributed by atoms with Gasteiger partial charge >= 0.3 is 8.80 Å². The second-order valence-corrected chi connectivity index (χ2v) is 7.98. The van der Waals surface area contributed by atoms with Gasteiger partial charge < -0.3 is 18.6 Å². The third kappa shape index (κ3) is 7.02. The van der Waals surface area contributed by atoms with Gasteiger partial charge in [-0.2, -0.15) is 0 Å². The predicted molar refractivity (Wildman–Crippen MR) is 92.9 cm³/mol. The van der Waals surface area contributed by atoms with Crippen molar-refractivity contribution in [2.45, 2.75) is 46.7 Å². The number of nitrogens with one attached hydrogen (secondary N) is 1. The molecule has 4 nitrogen and oxygen atoms in total. The molecule has 0 fully saturated rings. The van der Waals surface area contributed by atoms with Crippen LogP contribution in [0.1, 0.15) is 38.3 Å². The smallest absolute Gasteiger partial charge is 0.374 e. The van der Waals surface area contributed by atoms with Crippen molar-refractivity contribution in [2.24, 2.45) is 0 Å². The summed E-state index contributed by atoms with van der Waals surface area (Å²) in [6, 6.07) is 9.50. The van der Waals surface area contributed by atoms with Crippen LogP contribution in [0.4, 0.5) is 0 Å². The minimum atomic E-state index is -2.47. The molecule has 5 heteroatoms. The van der Waals surface area contributed by atoms with Crippen LogP contribution in [0.15, 0.2) is 24.3 Å². The van der Waals surface area contributed by atoms with Gasteiger partial charge in [-0.25, -0.2) is 0 Å². The third-order valence-corrected chi connectivity index (χ3v) is 6.53. The minimum absolute atomic E-state index is 0.642. The first-order valence-electron chi connectivity index (χ1n) is 8.34. The third-order valence-electron chi connectivity index (χ3n) is 3.38. The maximum Gasteiger partial charge on any atom is 0.500 e. The van der Waals surface area contributed by atoms with E-state index in [-0.39, 0.29) is 0 Å². The highest BCUT2D eigenvalue weighted by molar-refractivity contribution is 6.60. The average molecular weight is 326 g/mol. The Morgan fingerprint density at radius 3 is 1.95 bits per heavy atom. The molecule has 0 atom stereocenters. The van der Waals surface area contributed by atoms with Gasteiger partial charge in [-0.3, -0.25) is 0 Å². The van der Waals surface area contributed by atoms with Crippen molar-refractivity contribution in [1.82, 2.24) is 5.32 Å². The van der Waals surface area contributed by atoms with Crippen molar-refractivity contribution in [3.05, 3.63) is 35.4 Å². The molecule has 1 rings (SSSR count). The number of hydrogen-bond donors (Lipinski definition) is 1. The summed E-state index contributed by atoms with van der Waals surface area (Å²) in [4.78, 5) is 0. The van der Waals surface area contributed by atoms with Crippen LogP contribution in [0.3, 0.4) is 0 Å². The summed E-state index contributed by atoms with van der Waals surface area (Å²) in [6.07, 6.45) is 0.998. The first-order valence-corrected chi connectivity index (χ1v) is 10.3. The fourth-order valence-electron chi connectivity index (χ4n) is 2.37. The van der Waals surface area contributed by atoms with Crippen molar-refractivity contribution >= 4 is 8.80 Å². The van der Waals surface area contributed by atoms with E-state index in [1.165, 1.54) is 11.1 Å². The molecule has 0 unspecified atom stereocenters. The van der Waals surface area contributed by atoms with Gasteiger partial charge in [0.25, 0.3) is 0 Å². The molecule has 1 aromatic carbocycles.